The van der Waals surface area contributed by atoms with E-state index in [0.29, 0.717) is 17.8 Å². The van der Waals surface area contributed by atoms with Gasteiger partial charge in [0.25, 0.3) is 5.91 Å². The van der Waals surface area contributed by atoms with Gasteiger partial charge in [-0.2, -0.15) is 5.26 Å². The fraction of sp³-hybridized carbons (Fsp3) is 0.400. The quantitative estimate of drug-likeness (QED) is 0.809. The molecule has 0 radical (unpaired) electrons. The van der Waals surface area contributed by atoms with E-state index >= 15 is 0 Å². The minimum Gasteiger partial charge on any atom is -0.378 e. The Morgan fingerprint density at radius 1 is 1.23 bits per heavy atom. The number of rotatable bonds is 6. The second-order valence-corrected chi connectivity index (χ2v) is 6.93. The van der Waals surface area contributed by atoms with Crippen LogP contribution in [-0.2, 0) is 0 Å². The summed E-state index contributed by atoms with van der Waals surface area (Å²) in [5.41, 5.74) is 2.75. The molecule has 1 aromatic carbocycles. The van der Waals surface area contributed by atoms with Gasteiger partial charge in [-0.1, -0.05) is 0 Å². The molecule has 0 atom stereocenters. The molecule has 6 nitrogen and oxygen atoms in total. The molecule has 0 spiro atoms. The second kappa shape index (κ2) is 8.07. The average molecular weight is 352 g/mol. The number of quaternary nitrogens is 1. The number of aromatic nitrogens is 1. The number of nitrogens with one attached hydrogen (secondary N) is 2. The molecular weight excluding hydrogens is 326 g/mol. The molecule has 26 heavy (non-hydrogen) atoms. The van der Waals surface area contributed by atoms with E-state index in [1.807, 2.05) is 43.3 Å². The molecule has 0 bridgehead atoms. The third-order valence-corrected chi connectivity index (χ3v) is 4.94. The van der Waals surface area contributed by atoms with Crippen molar-refractivity contribution in [2.45, 2.75) is 12.8 Å². The zero-order chi connectivity index (χ0) is 18.5. The van der Waals surface area contributed by atoms with Crippen LogP contribution in [0.2, 0.25) is 0 Å². The Morgan fingerprint density at radius 2 is 1.92 bits per heavy atom. The molecule has 1 aliphatic rings. The number of benzene rings is 1. The van der Waals surface area contributed by atoms with Crippen molar-refractivity contribution in [3.8, 4) is 11.8 Å². The van der Waals surface area contributed by atoms with Gasteiger partial charge >= 0.3 is 0 Å². The second-order valence-electron chi connectivity index (χ2n) is 6.93. The van der Waals surface area contributed by atoms with Gasteiger partial charge < -0.3 is 19.7 Å². The van der Waals surface area contributed by atoms with Crippen molar-refractivity contribution in [1.82, 2.24) is 9.88 Å². The van der Waals surface area contributed by atoms with Crippen molar-refractivity contribution in [1.29, 1.82) is 5.26 Å². The first-order valence-electron chi connectivity index (χ1n) is 9.11. The monoisotopic (exact) mass is 352 g/mol. The van der Waals surface area contributed by atoms with Gasteiger partial charge in [0.1, 0.15) is 11.8 Å². The molecular formula is C20H26N5O+. The Balaban J connectivity index is 1.76. The highest BCUT2D eigenvalue weighted by atomic mass is 16.1. The van der Waals surface area contributed by atoms with Crippen LogP contribution < -0.4 is 15.1 Å². The van der Waals surface area contributed by atoms with E-state index in [1.54, 1.807) is 21.7 Å². The molecule has 136 valence electrons. The molecule has 2 N–H and O–H groups in total. The summed E-state index contributed by atoms with van der Waals surface area (Å²) in [5, 5.41) is 12.4. The average Bonchev–Trinajstić information content (AvgIpc) is 3.31. The smallest absolute Gasteiger partial charge is 0.269 e. The summed E-state index contributed by atoms with van der Waals surface area (Å²) >= 11 is 0. The lowest BCUT2D eigenvalue weighted by Gasteiger charge is -2.15. The minimum absolute atomic E-state index is 0.193. The summed E-state index contributed by atoms with van der Waals surface area (Å²) in [6, 6.07) is 11.7. The highest BCUT2D eigenvalue weighted by Gasteiger charge is 2.20. The number of carbonyl (C=O) groups excluding carboxylic acids is 1. The summed E-state index contributed by atoms with van der Waals surface area (Å²) in [4.78, 5) is 16.3. The molecule has 1 aromatic heterocycles. The van der Waals surface area contributed by atoms with Crippen molar-refractivity contribution in [2.75, 3.05) is 45.2 Å². The van der Waals surface area contributed by atoms with Crippen LogP contribution in [0.1, 0.15) is 28.9 Å². The van der Waals surface area contributed by atoms with E-state index in [0.717, 1.165) is 17.9 Å². The molecule has 1 saturated heterocycles. The van der Waals surface area contributed by atoms with E-state index in [4.69, 9.17) is 0 Å². The highest BCUT2D eigenvalue weighted by molar-refractivity contribution is 5.95. The van der Waals surface area contributed by atoms with Crippen molar-refractivity contribution >= 4 is 11.6 Å². The van der Waals surface area contributed by atoms with Gasteiger partial charge in [-0.3, -0.25) is 4.79 Å². The van der Waals surface area contributed by atoms with Gasteiger partial charge in [0.15, 0.2) is 0 Å². The van der Waals surface area contributed by atoms with Gasteiger partial charge in [0, 0.05) is 44.5 Å². The molecule has 3 rings (SSSR count). The summed E-state index contributed by atoms with van der Waals surface area (Å²) in [6.07, 6.45) is 4.32. The number of hydrogen-bond donors (Lipinski definition) is 2. The number of nitriles is 1. The maximum atomic E-state index is 12.7. The maximum Gasteiger partial charge on any atom is 0.269 e. The van der Waals surface area contributed by atoms with Crippen molar-refractivity contribution in [3.63, 3.8) is 0 Å². The maximum absolute atomic E-state index is 12.7. The van der Waals surface area contributed by atoms with Gasteiger partial charge in [0.2, 0.25) is 0 Å². The number of likely N-dealkylation sites (tertiary alicyclic amines) is 1. The van der Waals surface area contributed by atoms with Gasteiger partial charge in [-0.05, 0) is 30.3 Å². The molecule has 0 aliphatic carbocycles. The predicted molar refractivity (Wildman–Crippen MR) is 102 cm³/mol. The lowest BCUT2D eigenvalue weighted by atomic mass is 10.2. The SMILES string of the molecule is CN(C)c1ccc(-n2ccc(C#N)c2C(=O)NCC[NH+]2CCCC2)cc1. The summed E-state index contributed by atoms with van der Waals surface area (Å²) in [5.74, 6) is -0.193. The van der Waals surface area contributed by atoms with Crippen LogP contribution in [-0.4, -0.2) is 50.7 Å². The van der Waals surface area contributed by atoms with E-state index < -0.39 is 0 Å². The fourth-order valence-corrected chi connectivity index (χ4v) is 3.44. The Hall–Kier alpha value is -2.78. The van der Waals surface area contributed by atoms with Gasteiger partial charge in [-0.15, -0.1) is 0 Å². The zero-order valence-corrected chi connectivity index (χ0v) is 15.5. The van der Waals surface area contributed by atoms with E-state index in [2.05, 4.69) is 11.4 Å². The standard InChI is InChI=1S/C20H25N5O/c1-23(2)17-5-7-18(8-6-17)25-13-9-16(15-21)19(25)20(26)22-10-14-24-11-3-4-12-24/h5-9,13H,3-4,10-12,14H2,1-2H3,(H,22,26)/p+1. The summed E-state index contributed by atoms with van der Waals surface area (Å²) in [6.45, 7) is 3.94. The molecule has 6 heteroatoms. The van der Waals surface area contributed by atoms with Crippen LogP contribution in [0.4, 0.5) is 5.69 Å². The molecule has 2 heterocycles. The third kappa shape index (κ3) is 3.89. The first kappa shape index (κ1) is 18.0. The molecule has 1 amide bonds. The number of carbonyl (C=O) groups is 1. The molecule has 1 fully saturated rings. The number of nitrogens with zero attached hydrogens (tertiary/aromatic N) is 3. The number of amides is 1. The highest BCUT2D eigenvalue weighted by Crippen LogP contribution is 2.20. The molecule has 0 unspecified atom stereocenters. The number of hydrogen-bond acceptors (Lipinski definition) is 3. The van der Waals surface area contributed by atoms with Gasteiger partial charge in [0.05, 0.1) is 31.7 Å². The lowest BCUT2D eigenvalue weighted by molar-refractivity contribution is -0.886. The minimum atomic E-state index is -0.193. The van der Waals surface area contributed by atoms with Crippen molar-refractivity contribution < 1.29 is 9.69 Å². The molecule has 1 aliphatic heterocycles. The van der Waals surface area contributed by atoms with E-state index in [9.17, 15) is 10.1 Å². The summed E-state index contributed by atoms with van der Waals surface area (Å²) in [7, 11) is 3.97. The normalized spacial score (nSPS) is 14.2. The Kier molecular flexibility index (Phi) is 5.59. The van der Waals surface area contributed by atoms with E-state index in [1.165, 1.54) is 25.9 Å². The van der Waals surface area contributed by atoms with Crippen molar-refractivity contribution in [3.05, 3.63) is 47.8 Å². The first-order valence-corrected chi connectivity index (χ1v) is 9.11. The van der Waals surface area contributed by atoms with Crippen LogP contribution in [0.15, 0.2) is 36.5 Å². The largest absolute Gasteiger partial charge is 0.378 e. The fourth-order valence-electron chi connectivity index (χ4n) is 3.44. The summed E-state index contributed by atoms with van der Waals surface area (Å²) < 4.78 is 1.79. The number of anilines is 1. The Morgan fingerprint density at radius 3 is 2.54 bits per heavy atom. The van der Waals surface area contributed by atoms with Gasteiger partial charge in [-0.25, -0.2) is 0 Å². The third-order valence-electron chi connectivity index (χ3n) is 4.94. The zero-order valence-electron chi connectivity index (χ0n) is 15.5. The van der Waals surface area contributed by atoms with E-state index in [-0.39, 0.29) is 5.91 Å². The topological polar surface area (TPSA) is 65.5 Å². The van der Waals surface area contributed by atoms with Crippen LogP contribution >= 0.6 is 0 Å². The van der Waals surface area contributed by atoms with Crippen molar-refractivity contribution in [2.24, 2.45) is 0 Å². The van der Waals surface area contributed by atoms with Crippen LogP contribution in [0.5, 0.6) is 0 Å². The molecule has 0 saturated carbocycles. The van der Waals surface area contributed by atoms with Crippen LogP contribution in [0.3, 0.4) is 0 Å². The van der Waals surface area contributed by atoms with Crippen LogP contribution in [0, 0.1) is 11.3 Å². The Bertz CT molecular complexity index is 795. The first-order chi connectivity index (χ1) is 12.6. The Labute approximate surface area is 154 Å². The predicted octanol–water partition coefficient (Wildman–Crippen LogP) is 0.823. The lowest BCUT2D eigenvalue weighted by Crippen LogP contribution is -3.10. The van der Waals surface area contributed by atoms with Crippen LogP contribution in [0.25, 0.3) is 5.69 Å². The molecule has 2 aromatic rings.